The molecule has 38 heavy (non-hydrogen) atoms. The average Bonchev–Trinajstić information content (AvgIpc) is 3.18. The SMILES string of the molecule is COCCCNC(=O)CN1CN(c2ccccc2)C2(CCN(C(=O)Nc3ccc([N+](=O)[O-])cc3)CC2)C1=O. The Kier molecular flexibility index (Phi) is 8.41. The van der Waals surface area contributed by atoms with E-state index in [1.165, 1.54) is 24.3 Å². The minimum atomic E-state index is -0.859. The number of methoxy groups -OCH3 is 1. The lowest BCUT2D eigenvalue weighted by molar-refractivity contribution is -0.384. The van der Waals surface area contributed by atoms with Crippen molar-refractivity contribution in [3.05, 3.63) is 64.7 Å². The van der Waals surface area contributed by atoms with Gasteiger partial charge in [-0.3, -0.25) is 19.7 Å². The first-order valence-electron chi connectivity index (χ1n) is 12.5. The van der Waals surface area contributed by atoms with Gasteiger partial charge in [0.15, 0.2) is 0 Å². The summed E-state index contributed by atoms with van der Waals surface area (Å²) in [6.45, 7) is 1.93. The Morgan fingerprint density at radius 2 is 1.76 bits per heavy atom. The number of nitrogens with one attached hydrogen (secondary N) is 2. The summed E-state index contributed by atoms with van der Waals surface area (Å²) in [6, 6.07) is 14.9. The number of nitrogens with zero attached hydrogens (tertiary/aromatic N) is 4. The summed E-state index contributed by atoms with van der Waals surface area (Å²) in [6.07, 6.45) is 1.49. The van der Waals surface area contributed by atoms with E-state index in [0.29, 0.717) is 51.2 Å². The molecule has 2 N–H and O–H groups in total. The van der Waals surface area contributed by atoms with Crippen molar-refractivity contribution in [3.63, 3.8) is 0 Å². The van der Waals surface area contributed by atoms with Crippen LogP contribution in [0.2, 0.25) is 0 Å². The van der Waals surface area contributed by atoms with Gasteiger partial charge in [-0.2, -0.15) is 0 Å². The van der Waals surface area contributed by atoms with Crippen molar-refractivity contribution in [1.29, 1.82) is 0 Å². The van der Waals surface area contributed by atoms with Crippen molar-refractivity contribution in [2.24, 2.45) is 0 Å². The van der Waals surface area contributed by atoms with Crippen molar-refractivity contribution in [3.8, 4) is 0 Å². The van der Waals surface area contributed by atoms with Crippen molar-refractivity contribution < 1.29 is 24.0 Å². The first-order valence-corrected chi connectivity index (χ1v) is 12.5. The number of para-hydroxylation sites is 1. The highest BCUT2D eigenvalue weighted by Gasteiger charge is 2.54. The molecule has 2 aromatic carbocycles. The number of ether oxygens (including phenoxy) is 1. The van der Waals surface area contributed by atoms with Crippen LogP contribution in [0.15, 0.2) is 54.6 Å². The monoisotopic (exact) mass is 524 g/mol. The normalized spacial score (nSPS) is 16.6. The van der Waals surface area contributed by atoms with Crippen molar-refractivity contribution in [2.45, 2.75) is 24.8 Å². The largest absolute Gasteiger partial charge is 0.385 e. The highest BCUT2D eigenvalue weighted by Crippen LogP contribution is 2.39. The summed E-state index contributed by atoms with van der Waals surface area (Å²) in [7, 11) is 1.60. The molecule has 0 aromatic heterocycles. The molecule has 2 heterocycles. The predicted octanol–water partition coefficient (Wildman–Crippen LogP) is 2.42. The molecule has 0 radical (unpaired) electrons. The third-order valence-electron chi connectivity index (χ3n) is 6.97. The molecule has 0 bridgehead atoms. The van der Waals surface area contributed by atoms with Crippen LogP contribution in [0.25, 0.3) is 0 Å². The van der Waals surface area contributed by atoms with E-state index >= 15 is 0 Å². The van der Waals surface area contributed by atoms with E-state index in [4.69, 9.17) is 4.74 Å². The van der Waals surface area contributed by atoms with Gasteiger partial charge in [0.2, 0.25) is 5.91 Å². The number of hydrogen-bond acceptors (Lipinski definition) is 7. The molecule has 2 fully saturated rings. The van der Waals surface area contributed by atoms with Crippen LogP contribution in [-0.2, 0) is 14.3 Å². The lowest BCUT2D eigenvalue weighted by atomic mass is 9.85. The molecule has 1 spiro atoms. The first kappa shape index (κ1) is 26.9. The number of carbonyl (C=O) groups excluding carboxylic acids is 3. The van der Waals surface area contributed by atoms with Crippen molar-refractivity contribution in [2.75, 3.05) is 56.8 Å². The second kappa shape index (κ2) is 11.9. The van der Waals surface area contributed by atoms with Crippen LogP contribution in [0.4, 0.5) is 21.9 Å². The van der Waals surface area contributed by atoms with Crippen molar-refractivity contribution >= 4 is 34.9 Å². The van der Waals surface area contributed by atoms with E-state index in [1.54, 1.807) is 16.9 Å². The van der Waals surface area contributed by atoms with Crippen LogP contribution in [0.3, 0.4) is 0 Å². The van der Waals surface area contributed by atoms with Gasteiger partial charge in [0.1, 0.15) is 12.1 Å². The Labute approximate surface area is 220 Å². The number of rotatable bonds is 9. The summed E-state index contributed by atoms with van der Waals surface area (Å²) in [4.78, 5) is 54.8. The van der Waals surface area contributed by atoms with Gasteiger partial charge >= 0.3 is 6.03 Å². The molecule has 0 unspecified atom stereocenters. The zero-order valence-corrected chi connectivity index (χ0v) is 21.3. The number of amides is 4. The Morgan fingerprint density at radius 3 is 2.39 bits per heavy atom. The van der Waals surface area contributed by atoms with Crippen LogP contribution >= 0.6 is 0 Å². The molecule has 12 heteroatoms. The zero-order chi connectivity index (χ0) is 27.1. The highest BCUT2D eigenvalue weighted by molar-refractivity contribution is 5.97. The third kappa shape index (κ3) is 5.86. The highest BCUT2D eigenvalue weighted by atomic mass is 16.6. The van der Waals surface area contributed by atoms with Crippen LogP contribution < -0.4 is 15.5 Å². The van der Waals surface area contributed by atoms with Gasteiger partial charge in [-0.1, -0.05) is 18.2 Å². The van der Waals surface area contributed by atoms with Gasteiger partial charge in [0.05, 0.1) is 11.6 Å². The second-order valence-electron chi connectivity index (χ2n) is 9.36. The molecular formula is C26H32N6O6. The summed E-state index contributed by atoms with van der Waals surface area (Å²) < 4.78 is 5.00. The van der Waals surface area contributed by atoms with Crippen LogP contribution in [-0.4, -0.2) is 84.7 Å². The maximum Gasteiger partial charge on any atom is 0.321 e. The number of nitro benzene ring substituents is 1. The van der Waals surface area contributed by atoms with E-state index < -0.39 is 10.5 Å². The fourth-order valence-electron chi connectivity index (χ4n) is 4.94. The topological polar surface area (TPSA) is 137 Å². The van der Waals surface area contributed by atoms with Gasteiger partial charge in [-0.15, -0.1) is 0 Å². The van der Waals surface area contributed by atoms with Gasteiger partial charge < -0.3 is 30.1 Å². The number of carbonyl (C=O) groups is 3. The fraction of sp³-hybridized carbons (Fsp3) is 0.423. The van der Waals surface area contributed by atoms with E-state index in [-0.39, 0.29) is 36.7 Å². The molecule has 4 amide bonds. The van der Waals surface area contributed by atoms with Crippen molar-refractivity contribution in [1.82, 2.24) is 15.1 Å². The summed E-state index contributed by atoms with van der Waals surface area (Å²) in [5, 5.41) is 16.5. The van der Waals surface area contributed by atoms with Crippen LogP contribution in [0.1, 0.15) is 19.3 Å². The second-order valence-corrected chi connectivity index (χ2v) is 9.36. The Bertz CT molecular complexity index is 1150. The summed E-state index contributed by atoms with van der Waals surface area (Å²) in [5.41, 5.74) is 0.415. The Morgan fingerprint density at radius 1 is 1.08 bits per heavy atom. The quantitative estimate of drug-likeness (QED) is 0.292. The molecule has 0 saturated carbocycles. The molecule has 2 aliphatic heterocycles. The minimum Gasteiger partial charge on any atom is -0.385 e. The molecular weight excluding hydrogens is 492 g/mol. The Balaban J connectivity index is 1.43. The van der Waals surface area contributed by atoms with Gasteiger partial charge in [-0.05, 0) is 43.5 Å². The molecule has 0 atom stereocenters. The number of likely N-dealkylation sites (tertiary alicyclic amines) is 1. The van der Waals surface area contributed by atoms with E-state index in [0.717, 1.165) is 5.69 Å². The number of hydrogen-bond donors (Lipinski definition) is 2. The summed E-state index contributed by atoms with van der Waals surface area (Å²) >= 11 is 0. The molecule has 2 aliphatic rings. The standard InChI is InChI=1S/C26H32N6O6/c1-38-17-5-14-27-23(33)18-30-19-31(21-6-3-2-4-7-21)26(24(30)34)12-15-29(16-13-26)25(35)28-20-8-10-22(11-9-20)32(36)37/h2-4,6-11H,5,12-19H2,1H3,(H,27,33)(H,28,35). The molecule has 12 nitrogen and oxygen atoms in total. The lowest BCUT2D eigenvalue weighted by Gasteiger charge is -2.43. The number of anilines is 2. The lowest BCUT2D eigenvalue weighted by Crippen LogP contribution is -2.58. The fourth-order valence-corrected chi connectivity index (χ4v) is 4.94. The molecule has 202 valence electrons. The number of benzene rings is 2. The molecule has 2 aromatic rings. The maximum atomic E-state index is 13.7. The van der Waals surface area contributed by atoms with E-state index in [9.17, 15) is 24.5 Å². The third-order valence-corrected chi connectivity index (χ3v) is 6.97. The van der Waals surface area contributed by atoms with Gasteiger partial charge in [0.25, 0.3) is 11.6 Å². The zero-order valence-electron chi connectivity index (χ0n) is 21.3. The maximum absolute atomic E-state index is 13.7. The van der Waals surface area contributed by atoms with Crippen LogP contribution in [0.5, 0.6) is 0 Å². The van der Waals surface area contributed by atoms with Gasteiger partial charge in [-0.25, -0.2) is 4.79 Å². The average molecular weight is 525 g/mol. The predicted molar refractivity (Wildman–Crippen MR) is 141 cm³/mol. The molecule has 2 saturated heterocycles. The van der Waals surface area contributed by atoms with Crippen LogP contribution in [0, 0.1) is 10.1 Å². The van der Waals surface area contributed by atoms with E-state index in [1.807, 2.05) is 35.2 Å². The first-order chi connectivity index (χ1) is 18.3. The summed E-state index contributed by atoms with van der Waals surface area (Å²) in [5.74, 6) is -0.344. The Hall–Kier alpha value is -4.19. The number of urea groups is 1. The molecule has 4 rings (SSSR count). The number of piperidine rings is 1. The van der Waals surface area contributed by atoms with E-state index in [2.05, 4.69) is 10.6 Å². The minimum absolute atomic E-state index is 0.0404. The number of nitro groups is 1. The number of non-ortho nitro benzene ring substituents is 1. The molecule has 0 aliphatic carbocycles. The smallest absolute Gasteiger partial charge is 0.321 e. The van der Waals surface area contributed by atoms with Gasteiger partial charge in [0, 0.05) is 56.9 Å².